The van der Waals surface area contributed by atoms with Crippen LogP contribution in [0.1, 0.15) is 50.6 Å². The van der Waals surface area contributed by atoms with Crippen LogP contribution in [-0.2, 0) is 0 Å². The highest BCUT2D eigenvalue weighted by Crippen LogP contribution is 2.38. The number of rotatable bonds is 3. The molecule has 2 saturated heterocycles. The molecular formula is C20H29N3O2. The van der Waals surface area contributed by atoms with Crippen LogP contribution in [0.2, 0.25) is 0 Å². The van der Waals surface area contributed by atoms with E-state index in [2.05, 4.69) is 10.2 Å². The minimum Gasteiger partial charge on any atom is -0.508 e. The van der Waals surface area contributed by atoms with E-state index in [1.54, 1.807) is 12.1 Å². The molecule has 0 bridgehead atoms. The van der Waals surface area contributed by atoms with Crippen molar-refractivity contribution >= 4 is 6.03 Å². The van der Waals surface area contributed by atoms with Gasteiger partial charge in [-0.25, -0.2) is 4.79 Å². The van der Waals surface area contributed by atoms with Gasteiger partial charge in [0.25, 0.3) is 0 Å². The molecule has 5 nitrogen and oxygen atoms in total. The number of carbonyl (C=O) groups is 1. The number of benzene rings is 1. The summed E-state index contributed by atoms with van der Waals surface area (Å²) < 4.78 is 0. The maximum atomic E-state index is 12.7. The van der Waals surface area contributed by atoms with Crippen LogP contribution >= 0.6 is 0 Å². The van der Waals surface area contributed by atoms with Gasteiger partial charge in [0.2, 0.25) is 0 Å². The largest absolute Gasteiger partial charge is 0.508 e. The van der Waals surface area contributed by atoms with Gasteiger partial charge in [-0.2, -0.15) is 0 Å². The van der Waals surface area contributed by atoms with E-state index in [1.165, 1.54) is 32.2 Å². The second-order valence-electron chi connectivity index (χ2n) is 7.94. The molecule has 0 radical (unpaired) electrons. The predicted octanol–water partition coefficient (Wildman–Crippen LogP) is 3.11. The van der Waals surface area contributed by atoms with Crippen LogP contribution in [0.5, 0.6) is 5.75 Å². The Labute approximate surface area is 150 Å². The van der Waals surface area contributed by atoms with Crippen molar-refractivity contribution in [3.05, 3.63) is 29.8 Å². The van der Waals surface area contributed by atoms with Crippen molar-refractivity contribution in [2.24, 2.45) is 5.92 Å². The lowest BCUT2D eigenvalue weighted by atomic mass is 9.83. The Morgan fingerprint density at radius 1 is 1.24 bits per heavy atom. The molecule has 2 amide bonds. The fourth-order valence-corrected chi connectivity index (χ4v) is 4.64. The summed E-state index contributed by atoms with van der Waals surface area (Å²) in [5.74, 6) is 0.867. The number of carbonyl (C=O) groups excluding carboxylic acids is 1. The van der Waals surface area contributed by atoms with E-state index < -0.39 is 0 Å². The van der Waals surface area contributed by atoms with E-state index in [9.17, 15) is 9.90 Å². The normalized spacial score (nSPS) is 28.3. The Balaban J connectivity index is 1.35. The predicted molar refractivity (Wildman–Crippen MR) is 97.5 cm³/mol. The second kappa shape index (κ2) is 6.87. The van der Waals surface area contributed by atoms with Gasteiger partial charge in [0.15, 0.2) is 0 Å². The Morgan fingerprint density at radius 3 is 2.84 bits per heavy atom. The number of fused-ring (bicyclic) bond motifs is 1. The van der Waals surface area contributed by atoms with Crippen molar-refractivity contribution in [3.8, 4) is 5.75 Å². The van der Waals surface area contributed by atoms with Crippen LogP contribution in [0.3, 0.4) is 0 Å². The smallest absolute Gasteiger partial charge is 0.317 e. The monoisotopic (exact) mass is 343 g/mol. The first-order valence-electron chi connectivity index (χ1n) is 9.72. The minimum atomic E-state index is -0.105. The lowest BCUT2D eigenvalue weighted by Crippen LogP contribution is -2.57. The Morgan fingerprint density at radius 2 is 2.08 bits per heavy atom. The molecule has 1 saturated carbocycles. The van der Waals surface area contributed by atoms with Gasteiger partial charge in [0.05, 0.1) is 6.04 Å². The number of nitrogens with one attached hydrogen (secondary N) is 1. The first-order chi connectivity index (χ1) is 12.1. The average Bonchev–Trinajstić information content (AvgIpc) is 3.45. The molecule has 2 N–H and O–H groups in total. The highest BCUT2D eigenvalue weighted by atomic mass is 16.3. The Hall–Kier alpha value is -1.75. The molecule has 2 heterocycles. The molecule has 4 rings (SSSR count). The van der Waals surface area contributed by atoms with Gasteiger partial charge in [-0.1, -0.05) is 12.1 Å². The van der Waals surface area contributed by atoms with Gasteiger partial charge < -0.3 is 15.3 Å². The summed E-state index contributed by atoms with van der Waals surface area (Å²) in [6, 6.07) is 8.56. The number of aromatic hydroxyl groups is 1. The number of likely N-dealkylation sites (tertiary alicyclic amines) is 2. The fourth-order valence-electron chi connectivity index (χ4n) is 4.64. The average molecular weight is 343 g/mol. The van der Waals surface area contributed by atoms with Gasteiger partial charge in [-0.3, -0.25) is 4.90 Å². The van der Waals surface area contributed by atoms with Crippen molar-refractivity contribution in [1.82, 2.24) is 15.1 Å². The highest BCUT2D eigenvalue weighted by Gasteiger charge is 2.42. The number of phenols is 1. The quantitative estimate of drug-likeness (QED) is 0.887. The summed E-state index contributed by atoms with van der Waals surface area (Å²) in [5.41, 5.74) is 0.931. The maximum absolute atomic E-state index is 12.7. The lowest BCUT2D eigenvalue weighted by molar-refractivity contribution is 0.0292. The molecule has 1 aromatic rings. The third-order valence-corrected chi connectivity index (χ3v) is 6.12. The molecule has 3 atom stereocenters. The number of urea groups is 1. The van der Waals surface area contributed by atoms with Crippen LogP contribution in [0.25, 0.3) is 0 Å². The third kappa shape index (κ3) is 3.61. The topological polar surface area (TPSA) is 55.8 Å². The number of nitrogens with zero attached hydrogens (tertiary/aromatic N) is 2. The van der Waals surface area contributed by atoms with Crippen molar-refractivity contribution in [2.45, 2.75) is 57.2 Å². The molecule has 3 aliphatic rings. The van der Waals surface area contributed by atoms with Crippen molar-refractivity contribution in [1.29, 1.82) is 0 Å². The lowest BCUT2D eigenvalue weighted by Gasteiger charge is -2.47. The van der Waals surface area contributed by atoms with Gasteiger partial charge in [-0.15, -0.1) is 0 Å². The molecule has 0 unspecified atom stereocenters. The van der Waals surface area contributed by atoms with Gasteiger partial charge >= 0.3 is 6.03 Å². The van der Waals surface area contributed by atoms with Gasteiger partial charge in [-0.05, 0) is 69.2 Å². The number of phenolic OH excluding ortho intramolecular Hbond substituents is 1. The summed E-state index contributed by atoms with van der Waals surface area (Å²) in [7, 11) is 0. The first-order valence-corrected chi connectivity index (χ1v) is 9.72. The second-order valence-corrected chi connectivity index (χ2v) is 7.94. The molecule has 5 heteroatoms. The van der Waals surface area contributed by atoms with E-state index in [1.807, 2.05) is 24.0 Å². The highest BCUT2D eigenvalue weighted by molar-refractivity contribution is 5.74. The standard InChI is InChI=1S/C20H29N3O2/c1-14(15-4-2-6-18(24)12-15)21-20(25)22-11-9-19-16(13-22)5-3-10-23(19)17-7-8-17/h2,4,6,12,14,16-17,19,24H,3,5,7-11,13H2,1H3,(H,21,25)/t14-,16+,19+/m0/s1. The van der Waals surface area contributed by atoms with E-state index in [0.29, 0.717) is 12.0 Å². The van der Waals surface area contributed by atoms with E-state index in [4.69, 9.17) is 0 Å². The zero-order chi connectivity index (χ0) is 17.4. The van der Waals surface area contributed by atoms with Crippen LogP contribution in [0.4, 0.5) is 4.79 Å². The summed E-state index contributed by atoms with van der Waals surface area (Å²) in [6.07, 6.45) is 6.37. The summed E-state index contributed by atoms with van der Waals surface area (Å²) in [4.78, 5) is 17.4. The zero-order valence-corrected chi connectivity index (χ0v) is 15.0. The molecular weight excluding hydrogens is 314 g/mol. The van der Waals surface area contributed by atoms with Crippen molar-refractivity contribution in [2.75, 3.05) is 19.6 Å². The summed E-state index contributed by atoms with van der Waals surface area (Å²) in [5, 5.41) is 12.7. The van der Waals surface area contributed by atoms with Crippen LogP contribution < -0.4 is 5.32 Å². The van der Waals surface area contributed by atoms with Crippen molar-refractivity contribution < 1.29 is 9.90 Å². The molecule has 2 aliphatic heterocycles. The Bertz CT molecular complexity index is 631. The summed E-state index contributed by atoms with van der Waals surface area (Å²) in [6.45, 7) is 4.96. The van der Waals surface area contributed by atoms with Crippen LogP contribution in [0, 0.1) is 5.92 Å². The minimum absolute atomic E-state index is 0.0258. The molecule has 1 aromatic carbocycles. The molecule has 1 aliphatic carbocycles. The van der Waals surface area contributed by atoms with E-state index >= 15 is 0 Å². The zero-order valence-electron chi connectivity index (χ0n) is 15.0. The molecule has 3 fully saturated rings. The summed E-state index contributed by atoms with van der Waals surface area (Å²) >= 11 is 0. The first kappa shape index (κ1) is 16.7. The van der Waals surface area contributed by atoms with Crippen molar-refractivity contribution in [3.63, 3.8) is 0 Å². The number of piperidine rings is 2. The number of hydrogen-bond acceptors (Lipinski definition) is 3. The third-order valence-electron chi connectivity index (χ3n) is 6.12. The van der Waals surface area contributed by atoms with E-state index in [-0.39, 0.29) is 17.8 Å². The molecule has 25 heavy (non-hydrogen) atoms. The molecule has 0 spiro atoms. The molecule has 0 aromatic heterocycles. The molecule has 136 valence electrons. The maximum Gasteiger partial charge on any atom is 0.317 e. The fraction of sp³-hybridized carbons (Fsp3) is 0.650. The van der Waals surface area contributed by atoms with Gasteiger partial charge in [0.1, 0.15) is 5.75 Å². The number of hydrogen-bond donors (Lipinski definition) is 2. The number of amides is 2. The van der Waals surface area contributed by atoms with Gasteiger partial charge in [0, 0.05) is 25.2 Å². The van der Waals surface area contributed by atoms with Crippen LogP contribution in [-0.4, -0.2) is 52.7 Å². The van der Waals surface area contributed by atoms with E-state index in [0.717, 1.165) is 31.1 Å². The Kier molecular flexibility index (Phi) is 4.59. The SMILES string of the molecule is C[C@H](NC(=O)N1CC[C@@H]2[C@H](CCCN2C2CC2)C1)c1cccc(O)c1. The van der Waals surface area contributed by atoms with Crippen LogP contribution in [0.15, 0.2) is 24.3 Å².